The summed E-state index contributed by atoms with van der Waals surface area (Å²) in [4.78, 5) is 11.5. The lowest BCUT2D eigenvalue weighted by molar-refractivity contribution is -0.684. The molecule has 0 fully saturated rings. The van der Waals surface area contributed by atoms with E-state index in [1.54, 1.807) is 0 Å². The number of hydrogen-bond acceptors (Lipinski definition) is 1. The first-order chi connectivity index (χ1) is 7.11. The zero-order chi connectivity index (χ0) is 11.3. The van der Waals surface area contributed by atoms with Crippen molar-refractivity contribution >= 4 is 5.91 Å². The van der Waals surface area contributed by atoms with Gasteiger partial charge < -0.3 is 5.32 Å². The molecule has 0 spiro atoms. The zero-order valence-corrected chi connectivity index (χ0v) is 9.66. The molecule has 1 amide bonds. The maximum absolute atomic E-state index is 11.5. The molecule has 15 heavy (non-hydrogen) atoms. The third kappa shape index (κ3) is 4.11. The molecular weight excluding hydrogens is 188 g/mol. The van der Waals surface area contributed by atoms with E-state index < -0.39 is 0 Å². The molecule has 0 radical (unpaired) electrons. The van der Waals surface area contributed by atoms with Crippen molar-refractivity contribution in [2.45, 2.75) is 39.8 Å². The molecule has 1 aromatic rings. The van der Waals surface area contributed by atoms with Crippen LogP contribution in [0.1, 0.15) is 25.8 Å². The first-order valence-corrected chi connectivity index (χ1v) is 5.37. The SMILES string of the molecule is CC[C@H](C)NC(=O)C[n+]1ccc(C)cc1. The van der Waals surface area contributed by atoms with E-state index in [9.17, 15) is 4.79 Å². The number of aromatic nitrogens is 1. The van der Waals surface area contributed by atoms with Crippen LogP contribution in [0.3, 0.4) is 0 Å². The van der Waals surface area contributed by atoms with Gasteiger partial charge >= 0.3 is 0 Å². The zero-order valence-electron chi connectivity index (χ0n) is 9.66. The normalized spacial score (nSPS) is 12.2. The highest BCUT2D eigenvalue weighted by Crippen LogP contribution is 1.90. The Kier molecular flexibility index (Phi) is 4.28. The summed E-state index contributed by atoms with van der Waals surface area (Å²) in [5.41, 5.74) is 1.20. The highest BCUT2D eigenvalue weighted by Gasteiger charge is 2.10. The molecule has 82 valence electrons. The van der Waals surface area contributed by atoms with Crippen LogP contribution in [0.4, 0.5) is 0 Å². The van der Waals surface area contributed by atoms with Crippen LogP contribution < -0.4 is 9.88 Å². The predicted octanol–water partition coefficient (Wildman–Crippen LogP) is 1.20. The number of amides is 1. The van der Waals surface area contributed by atoms with E-state index >= 15 is 0 Å². The Bertz CT molecular complexity index is 319. The van der Waals surface area contributed by atoms with E-state index in [-0.39, 0.29) is 11.9 Å². The average Bonchev–Trinajstić information content (AvgIpc) is 2.21. The molecule has 1 rings (SSSR count). The maximum atomic E-state index is 11.5. The molecule has 1 aromatic heterocycles. The largest absolute Gasteiger partial charge is 0.348 e. The van der Waals surface area contributed by atoms with Crippen molar-refractivity contribution in [1.29, 1.82) is 0 Å². The van der Waals surface area contributed by atoms with Crippen LogP contribution in [-0.2, 0) is 11.3 Å². The second kappa shape index (κ2) is 5.49. The molecule has 0 aliphatic carbocycles. The van der Waals surface area contributed by atoms with Gasteiger partial charge in [0.15, 0.2) is 12.4 Å². The highest BCUT2D eigenvalue weighted by atomic mass is 16.2. The molecule has 3 heteroatoms. The minimum Gasteiger partial charge on any atom is -0.348 e. The number of pyridine rings is 1. The Labute approximate surface area is 91.1 Å². The van der Waals surface area contributed by atoms with Gasteiger partial charge in [0.1, 0.15) is 0 Å². The maximum Gasteiger partial charge on any atom is 0.286 e. The first-order valence-electron chi connectivity index (χ1n) is 5.37. The molecule has 1 atom stereocenters. The lowest BCUT2D eigenvalue weighted by Crippen LogP contribution is -2.44. The standard InChI is InChI=1S/C12H18N2O/c1-4-11(3)13-12(15)9-14-7-5-10(2)6-8-14/h5-8,11H,4,9H2,1-3H3/p+1/t11-/m0/s1. The number of carbonyl (C=O) groups excluding carboxylic acids is 1. The fraction of sp³-hybridized carbons (Fsp3) is 0.500. The quantitative estimate of drug-likeness (QED) is 0.739. The van der Waals surface area contributed by atoms with Gasteiger partial charge in [-0.3, -0.25) is 4.79 Å². The Balaban J connectivity index is 2.48. The monoisotopic (exact) mass is 207 g/mol. The number of nitrogens with zero attached hydrogens (tertiary/aromatic N) is 1. The van der Waals surface area contributed by atoms with E-state index in [4.69, 9.17) is 0 Å². The van der Waals surface area contributed by atoms with Crippen LogP contribution in [0.5, 0.6) is 0 Å². The summed E-state index contributed by atoms with van der Waals surface area (Å²) in [5, 5.41) is 2.93. The van der Waals surface area contributed by atoms with Gasteiger partial charge in [0.25, 0.3) is 5.91 Å². The minimum atomic E-state index is 0.0678. The van der Waals surface area contributed by atoms with Crippen molar-refractivity contribution in [2.75, 3.05) is 0 Å². The third-order valence-corrected chi connectivity index (χ3v) is 2.40. The fourth-order valence-corrected chi connectivity index (χ4v) is 1.23. The summed E-state index contributed by atoms with van der Waals surface area (Å²) in [7, 11) is 0. The number of hydrogen-bond donors (Lipinski definition) is 1. The molecule has 0 aromatic carbocycles. The van der Waals surface area contributed by atoms with Gasteiger partial charge in [-0.05, 0) is 25.8 Å². The number of aryl methyl sites for hydroxylation is 1. The van der Waals surface area contributed by atoms with E-state index in [1.807, 2.05) is 42.9 Å². The third-order valence-electron chi connectivity index (χ3n) is 2.40. The van der Waals surface area contributed by atoms with Gasteiger partial charge in [0, 0.05) is 18.2 Å². The summed E-state index contributed by atoms with van der Waals surface area (Å²) in [6.07, 6.45) is 4.81. The van der Waals surface area contributed by atoms with Crippen LogP contribution in [0, 0.1) is 6.92 Å². The molecule has 1 N–H and O–H groups in total. The average molecular weight is 207 g/mol. The van der Waals surface area contributed by atoms with Gasteiger partial charge in [-0.25, -0.2) is 0 Å². The summed E-state index contributed by atoms with van der Waals surface area (Å²) >= 11 is 0. The molecule has 0 saturated heterocycles. The van der Waals surface area contributed by atoms with Crippen LogP contribution in [0.2, 0.25) is 0 Å². The second-order valence-electron chi connectivity index (χ2n) is 3.92. The van der Waals surface area contributed by atoms with Crippen molar-refractivity contribution in [2.24, 2.45) is 0 Å². The second-order valence-corrected chi connectivity index (χ2v) is 3.92. The molecule has 0 unspecified atom stereocenters. The fourth-order valence-electron chi connectivity index (χ4n) is 1.23. The van der Waals surface area contributed by atoms with Crippen LogP contribution in [0.25, 0.3) is 0 Å². The minimum absolute atomic E-state index is 0.0678. The number of nitrogens with one attached hydrogen (secondary N) is 1. The topological polar surface area (TPSA) is 33.0 Å². The van der Waals surface area contributed by atoms with Gasteiger partial charge in [0.2, 0.25) is 6.54 Å². The Morgan fingerprint density at radius 3 is 2.60 bits per heavy atom. The van der Waals surface area contributed by atoms with Gasteiger partial charge in [-0.2, -0.15) is 4.57 Å². The lowest BCUT2D eigenvalue weighted by Gasteiger charge is -2.09. The van der Waals surface area contributed by atoms with E-state index in [1.165, 1.54) is 5.56 Å². The van der Waals surface area contributed by atoms with E-state index in [0.717, 1.165) is 6.42 Å². The smallest absolute Gasteiger partial charge is 0.286 e. The molecule has 0 aliphatic heterocycles. The lowest BCUT2D eigenvalue weighted by atomic mass is 10.2. The molecular formula is C12H19N2O+. The van der Waals surface area contributed by atoms with Crippen LogP contribution >= 0.6 is 0 Å². The Morgan fingerprint density at radius 1 is 1.47 bits per heavy atom. The van der Waals surface area contributed by atoms with Crippen molar-refractivity contribution in [3.8, 4) is 0 Å². The summed E-state index contributed by atoms with van der Waals surface area (Å²) in [6.45, 7) is 6.50. The van der Waals surface area contributed by atoms with Gasteiger partial charge in [-0.15, -0.1) is 0 Å². The first kappa shape index (κ1) is 11.7. The number of carbonyl (C=O) groups is 1. The molecule has 1 heterocycles. The van der Waals surface area contributed by atoms with E-state index in [0.29, 0.717) is 6.54 Å². The molecule has 0 bridgehead atoms. The van der Waals surface area contributed by atoms with E-state index in [2.05, 4.69) is 12.2 Å². The Hall–Kier alpha value is -1.38. The Morgan fingerprint density at radius 2 is 2.07 bits per heavy atom. The molecule has 3 nitrogen and oxygen atoms in total. The van der Waals surface area contributed by atoms with Crippen molar-refractivity contribution in [3.63, 3.8) is 0 Å². The van der Waals surface area contributed by atoms with Crippen LogP contribution in [0.15, 0.2) is 24.5 Å². The van der Waals surface area contributed by atoms with Crippen LogP contribution in [-0.4, -0.2) is 11.9 Å². The summed E-state index contributed by atoms with van der Waals surface area (Å²) < 4.78 is 1.88. The number of rotatable bonds is 4. The summed E-state index contributed by atoms with van der Waals surface area (Å²) in [5.74, 6) is 0.0678. The highest BCUT2D eigenvalue weighted by molar-refractivity contribution is 5.74. The predicted molar refractivity (Wildman–Crippen MR) is 59.3 cm³/mol. The van der Waals surface area contributed by atoms with Gasteiger partial charge in [0.05, 0.1) is 0 Å². The van der Waals surface area contributed by atoms with Crippen molar-refractivity contribution in [3.05, 3.63) is 30.1 Å². The summed E-state index contributed by atoms with van der Waals surface area (Å²) in [6, 6.07) is 4.25. The van der Waals surface area contributed by atoms with Crippen molar-refractivity contribution in [1.82, 2.24) is 5.32 Å². The molecule has 0 aliphatic rings. The van der Waals surface area contributed by atoms with Gasteiger partial charge in [-0.1, -0.05) is 6.92 Å². The van der Waals surface area contributed by atoms with Crippen molar-refractivity contribution < 1.29 is 9.36 Å². The molecule has 0 saturated carbocycles.